The van der Waals surface area contributed by atoms with Crippen molar-refractivity contribution in [2.45, 2.75) is 105 Å². The maximum atomic E-state index is 11.7. The van der Waals surface area contributed by atoms with Gasteiger partial charge in [-0.05, 0) is 54.0 Å². The molecule has 0 rings (SSSR count). The molecule has 0 spiro atoms. The third kappa shape index (κ3) is 17.0. The van der Waals surface area contributed by atoms with Crippen molar-refractivity contribution >= 4 is 12.4 Å². The summed E-state index contributed by atoms with van der Waals surface area (Å²) in [5.41, 5.74) is -2.35. The zero-order valence-corrected chi connectivity index (χ0v) is 19.4. The van der Waals surface area contributed by atoms with Crippen LogP contribution in [-0.2, 0) is 16.8 Å². The average Bonchev–Trinajstić information content (AvgIpc) is 2.33. The van der Waals surface area contributed by atoms with Crippen LogP contribution in [0.2, 0.25) is 0 Å². The predicted octanol–water partition coefficient (Wildman–Crippen LogP) is 3.26. The van der Waals surface area contributed by atoms with Crippen LogP contribution < -0.4 is 10.2 Å². The molecule has 0 amide bonds. The molecule has 25 heavy (non-hydrogen) atoms. The van der Waals surface area contributed by atoms with Crippen molar-refractivity contribution < 1.29 is 27.0 Å². The van der Waals surface area contributed by atoms with E-state index >= 15 is 0 Å². The van der Waals surface area contributed by atoms with E-state index in [1.54, 1.807) is 13.8 Å². The fourth-order valence-electron chi connectivity index (χ4n) is 0.942. The Morgan fingerprint density at radius 1 is 0.600 bits per heavy atom. The minimum Gasteiger partial charge on any atom is -0.845 e. The Labute approximate surface area is 166 Å². The van der Waals surface area contributed by atoms with Crippen LogP contribution in [0.1, 0.15) is 83.1 Å². The Balaban J connectivity index is -0.000000372. The molecule has 0 saturated carbocycles. The molecule has 2 atom stereocenters. The fraction of sp³-hybridized carbons (Fsp3) is 0.900. The first-order chi connectivity index (χ1) is 10.3. The van der Waals surface area contributed by atoms with Gasteiger partial charge in [-0.25, -0.2) is 0 Å². The molecule has 1 radical (unpaired) electrons. The summed E-state index contributed by atoms with van der Waals surface area (Å²) in [6.45, 7) is 22.9. The summed E-state index contributed by atoms with van der Waals surface area (Å²) in [5.74, 6) is 0.173. The molecule has 151 valence electrons. The Morgan fingerprint density at radius 3 is 0.920 bits per heavy atom. The summed E-state index contributed by atoms with van der Waals surface area (Å²) >= 11 is 0. The normalized spacial score (nSPS) is 17.9. The van der Waals surface area contributed by atoms with Crippen molar-refractivity contribution in [1.82, 2.24) is 0 Å². The van der Waals surface area contributed by atoms with Gasteiger partial charge in [0.15, 0.2) is 0 Å². The second-order valence-corrected chi connectivity index (χ2v) is 9.54. The number of aliphatic imine (C=N–C) groups is 2. The van der Waals surface area contributed by atoms with E-state index in [1.807, 2.05) is 69.2 Å². The van der Waals surface area contributed by atoms with E-state index in [2.05, 4.69) is 9.98 Å². The molecule has 0 bridgehead atoms. The van der Waals surface area contributed by atoms with Crippen LogP contribution in [0.5, 0.6) is 0 Å². The molecule has 5 heteroatoms. The molecule has 0 aromatic rings. The molecule has 0 aliphatic heterocycles. The van der Waals surface area contributed by atoms with E-state index < -0.39 is 11.2 Å². The Morgan fingerprint density at radius 2 is 0.800 bits per heavy atom. The van der Waals surface area contributed by atoms with Gasteiger partial charge in [0.2, 0.25) is 0 Å². The van der Waals surface area contributed by atoms with Crippen LogP contribution in [0.4, 0.5) is 0 Å². The topological polar surface area (TPSA) is 70.8 Å². The first-order valence-electron chi connectivity index (χ1n) is 8.84. The molecular formula is C20H40CoN2O2. The molecule has 0 aromatic heterocycles. The van der Waals surface area contributed by atoms with E-state index in [9.17, 15) is 10.2 Å². The smallest absolute Gasteiger partial charge is 0.845 e. The SMILES string of the molecule is CC(C)C(C)([O-])C=NC(C)(C)C.CC(C)C(C)([O-])C=NC(C)(C)C.[Co+2]. The van der Waals surface area contributed by atoms with Crippen molar-refractivity contribution in [3.8, 4) is 0 Å². The van der Waals surface area contributed by atoms with Gasteiger partial charge in [0.25, 0.3) is 0 Å². The van der Waals surface area contributed by atoms with Gasteiger partial charge in [0, 0.05) is 0 Å². The van der Waals surface area contributed by atoms with E-state index in [-0.39, 0.29) is 39.7 Å². The van der Waals surface area contributed by atoms with Gasteiger partial charge < -0.3 is 10.2 Å². The van der Waals surface area contributed by atoms with Gasteiger partial charge in [-0.3, -0.25) is 9.98 Å². The van der Waals surface area contributed by atoms with Crippen molar-refractivity contribution in [3.05, 3.63) is 0 Å². The molecule has 0 heterocycles. The third-order valence-electron chi connectivity index (χ3n) is 3.71. The van der Waals surface area contributed by atoms with Gasteiger partial charge >= 0.3 is 16.8 Å². The summed E-state index contributed by atoms with van der Waals surface area (Å²) in [4.78, 5) is 8.42. The minimum atomic E-state index is -1.03. The zero-order valence-electron chi connectivity index (χ0n) is 18.4. The van der Waals surface area contributed by atoms with Gasteiger partial charge in [-0.15, -0.1) is 0 Å². The second kappa shape index (κ2) is 10.8. The monoisotopic (exact) mass is 399 g/mol. The molecule has 0 N–H and O–H groups in total. The molecule has 0 aliphatic carbocycles. The van der Waals surface area contributed by atoms with Gasteiger partial charge in [-0.1, -0.05) is 64.6 Å². The van der Waals surface area contributed by atoms with Crippen LogP contribution >= 0.6 is 0 Å². The van der Waals surface area contributed by atoms with Crippen LogP contribution in [0.15, 0.2) is 9.98 Å². The summed E-state index contributed by atoms with van der Waals surface area (Å²) in [5, 5.41) is 23.4. The molecule has 4 nitrogen and oxygen atoms in total. The number of hydrogen-bond acceptors (Lipinski definition) is 4. The molecule has 0 saturated heterocycles. The summed E-state index contributed by atoms with van der Waals surface area (Å²) in [6.07, 6.45) is 3.08. The number of nitrogens with zero attached hydrogens (tertiary/aromatic N) is 2. The van der Waals surface area contributed by atoms with Gasteiger partial charge in [-0.2, -0.15) is 0 Å². The Kier molecular flexibility index (Phi) is 12.8. The van der Waals surface area contributed by atoms with E-state index in [0.717, 1.165) is 0 Å². The first-order valence-corrected chi connectivity index (χ1v) is 8.84. The minimum absolute atomic E-state index is 0. The zero-order chi connectivity index (χ0) is 20.0. The van der Waals surface area contributed by atoms with E-state index in [0.29, 0.717) is 0 Å². The molecule has 0 aromatic carbocycles. The summed E-state index contributed by atoms with van der Waals surface area (Å²) in [6, 6.07) is 0. The predicted molar refractivity (Wildman–Crippen MR) is 103 cm³/mol. The van der Waals surface area contributed by atoms with Crippen LogP contribution in [0.25, 0.3) is 0 Å². The van der Waals surface area contributed by atoms with Gasteiger partial charge in [0.05, 0.1) is 11.1 Å². The van der Waals surface area contributed by atoms with Gasteiger partial charge in [0.1, 0.15) is 0 Å². The fourth-order valence-corrected chi connectivity index (χ4v) is 0.942. The maximum Gasteiger partial charge on any atom is 2.00 e. The molecule has 2 unspecified atom stereocenters. The van der Waals surface area contributed by atoms with Crippen LogP contribution in [0.3, 0.4) is 0 Å². The molecule has 0 aliphatic rings. The summed E-state index contributed by atoms with van der Waals surface area (Å²) in [7, 11) is 0. The second-order valence-electron chi connectivity index (χ2n) is 9.54. The largest absolute Gasteiger partial charge is 2.00 e. The van der Waals surface area contributed by atoms with Crippen molar-refractivity contribution in [3.63, 3.8) is 0 Å². The number of rotatable bonds is 4. The van der Waals surface area contributed by atoms with Crippen LogP contribution in [0, 0.1) is 11.8 Å². The van der Waals surface area contributed by atoms with E-state index in [4.69, 9.17) is 0 Å². The van der Waals surface area contributed by atoms with Crippen molar-refractivity contribution in [2.24, 2.45) is 21.8 Å². The first kappa shape index (κ1) is 29.5. The van der Waals surface area contributed by atoms with Crippen LogP contribution in [-0.4, -0.2) is 34.7 Å². The average molecular weight is 399 g/mol. The van der Waals surface area contributed by atoms with E-state index in [1.165, 1.54) is 12.4 Å². The maximum absolute atomic E-state index is 11.7. The molecular weight excluding hydrogens is 359 g/mol. The molecule has 0 fully saturated rings. The third-order valence-corrected chi connectivity index (χ3v) is 3.71. The standard InChI is InChI=1S/2C10H20NO.Co/c2*1-8(2)10(6,12)7-11-9(3,4)5;/h2*7-8H,1-6H3;/q2*-1;+2. The Hall–Kier alpha value is -0.234. The number of hydrogen-bond donors (Lipinski definition) is 0. The van der Waals surface area contributed by atoms with Crippen molar-refractivity contribution in [2.75, 3.05) is 0 Å². The Bertz CT molecular complexity index is 372. The summed E-state index contributed by atoms with van der Waals surface area (Å²) < 4.78 is 0. The van der Waals surface area contributed by atoms with Crippen molar-refractivity contribution in [1.29, 1.82) is 0 Å². The quantitative estimate of drug-likeness (QED) is 0.681.